The summed E-state index contributed by atoms with van der Waals surface area (Å²) in [5.41, 5.74) is 7.15. The van der Waals surface area contributed by atoms with Crippen LogP contribution in [-0.2, 0) is 17.6 Å². The number of aryl methyl sites for hydroxylation is 2. The predicted molar refractivity (Wildman–Crippen MR) is 71.6 cm³/mol. The maximum Gasteiger partial charge on any atom is 0.226 e. The first kappa shape index (κ1) is 13.7. The molecule has 0 aliphatic rings. The lowest BCUT2D eigenvalue weighted by atomic mass is 10.1. The minimum absolute atomic E-state index is 0.323. The van der Waals surface area contributed by atoms with Crippen LogP contribution in [0, 0.1) is 0 Å². The Morgan fingerprint density at radius 1 is 1.26 bits per heavy atom. The van der Waals surface area contributed by atoms with E-state index in [9.17, 15) is 0 Å². The highest BCUT2D eigenvalue weighted by atomic mass is 16.5. The summed E-state index contributed by atoms with van der Waals surface area (Å²) >= 11 is 0. The van der Waals surface area contributed by atoms with Crippen molar-refractivity contribution in [1.29, 1.82) is 0 Å². The van der Waals surface area contributed by atoms with E-state index in [2.05, 4.69) is 22.3 Å². The van der Waals surface area contributed by atoms with E-state index >= 15 is 0 Å². The predicted octanol–water partition coefficient (Wildman–Crippen LogP) is 1.89. The minimum Gasteiger partial charge on any atom is -0.383 e. The summed E-state index contributed by atoms with van der Waals surface area (Å²) in [6, 6.07) is 10.0. The van der Waals surface area contributed by atoms with Crippen LogP contribution < -0.4 is 5.73 Å². The Morgan fingerprint density at radius 2 is 2.05 bits per heavy atom. The summed E-state index contributed by atoms with van der Waals surface area (Å²) in [5.74, 6) is 1.15. The van der Waals surface area contributed by atoms with Gasteiger partial charge in [0.25, 0.3) is 0 Å². The van der Waals surface area contributed by atoms with Crippen molar-refractivity contribution in [2.45, 2.75) is 25.3 Å². The van der Waals surface area contributed by atoms with Crippen molar-refractivity contribution in [3.8, 4) is 0 Å². The third kappa shape index (κ3) is 4.15. The van der Waals surface area contributed by atoms with Crippen LogP contribution in [0.1, 0.15) is 29.7 Å². The van der Waals surface area contributed by atoms with E-state index in [1.54, 1.807) is 7.11 Å². The summed E-state index contributed by atoms with van der Waals surface area (Å²) < 4.78 is 10.1. The van der Waals surface area contributed by atoms with Crippen molar-refractivity contribution in [3.63, 3.8) is 0 Å². The van der Waals surface area contributed by atoms with Crippen LogP contribution in [0.2, 0.25) is 0 Å². The first-order valence-corrected chi connectivity index (χ1v) is 6.40. The van der Waals surface area contributed by atoms with Crippen LogP contribution >= 0.6 is 0 Å². The molecule has 5 heteroatoms. The number of ether oxygens (including phenoxy) is 1. The Labute approximate surface area is 112 Å². The Balaban J connectivity index is 1.80. The molecule has 1 unspecified atom stereocenters. The lowest BCUT2D eigenvalue weighted by Crippen LogP contribution is -2.17. The molecular formula is C14H19N3O2. The van der Waals surface area contributed by atoms with Crippen molar-refractivity contribution < 1.29 is 9.26 Å². The molecule has 0 bridgehead atoms. The normalized spacial score (nSPS) is 12.5. The highest BCUT2D eigenvalue weighted by molar-refractivity contribution is 5.14. The second kappa shape index (κ2) is 7.01. The molecule has 19 heavy (non-hydrogen) atoms. The minimum atomic E-state index is -0.323. The summed E-state index contributed by atoms with van der Waals surface area (Å²) in [6.07, 6.45) is 2.75. The van der Waals surface area contributed by atoms with E-state index in [0.29, 0.717) is 18.3 Å². The van der Waals surface area contributed by atoms with Crippen LogP contribution in [0.15, 0.2) is 34.9 Å². The summed E-state index contributed by atoms with van der Waals surface area (Å²) in [7, 11) is 1.60. The molecule has 5 nitrogen and oxygen atoms in total. The van der Waals surface area contributed by atoms with E-state index in [-0.39, 0.29) is 6.04 Å². The third-order valence-corrected chi connectivity index (χ3v) is 2.86. The zero-order valence-electron chi connectivity index (χ0n) is 11.1. The first-order valence-electron chi connectivity index (χ1n) is 6.40. The highest BCUT2D eigenvalue weighted by Crippen LogP contribution is 2.10. The molecule has 0 spiro atoms. The summed E-state index contributed by atoms with van der Waals surface area (Å²) in [5, 5.41) is 3.87. The van der Waals surface area contributed by atoms with E-state index in [4.69, 9.17) is 15.0 Å². The van der Waals surface area contributed by atoms with Gasteiger partial charge < -0.3 is 15.0 Å². The second-order valence-corrected chi connectivity index (χ2v) is 4.45. The number of aromatic nitrogens is 2. The Morgan fingerprint density at radius 3 is 2.79 bits per heavy atom. The molecular weight excluding hydrogens is 242 g/mol. The van der Waals surface area contributed by atoms with Crippen molar-refractivity contribution in [1.82, 2.24) is 10.1 Å². The SMILES string of the molecule is COCC(N)c1noc(CCCc2ccccc2)n1. The van der Waals surface area contributed by atoms with Crippen LogP contribution in [0.4, 0.5) is 0 Å². The summed E-state index contributed by atoms with van der Waals surface area (Å²) in [4.78, 5) is 4.28. The van der Waals surface area contributed by atoms with E-state index < -0.39 is 0 Å². The van der Waals surface area contributed by atoms with E-state index in [0.717, 1.165) is 19.3 Å². The van der Waals surface area contributed by atoms with Crippen molar-refractivity contribution in [3.05, 3.63) is 47.6 Å². The van der Waals surface area contributed by atoms with Gasteiger partial charge >= 0.3 is 0 Å². The molecule has 0 amide bonds. The highest BCUT2D eigenvalue weighted by Gasteiger charge is 2.13. The second-order valence-electron chi connectivity index (χ2n) is 4.45. The van der Waals surface area contributed by atoms with Gasteiger partial charge in [-0.1, -0.05) is 35.5 Å². The molecule has 0 saturated carbocycles. The lowest BCUT2D eigenvalue weighted by molar-refractivity contribution is 0.177. The Kier molecular flexibility index (Phi) is 5.06. The van der Waals surface area contributed by atoms with Gasteiger partial charge in [0.1, 0.15) is 0 Å². The van der Waals surface area contributed by atoms with E-state index in [1.807, 2.05) is 18.2 Å². The Bertz CT molecular complexity index is 484. The van der Waals surface area contributed by atoms with Gasteiger partial charge in [0.15, 0.2) is 5.82 Å². The summed E-state index contributed by atoms with van der Waals surface area (Å²) in [6.45, 7) is 0.392. The van der Waals surface area contributed by atoms with Crippen molar-refractivity contribution in [2.24, 2.45) is 5.73 Å². The quantitative estimate of drug-likeness (QED) is 0.823. The number of nitrogens with zero attached hydrogens (tertiary/aromatic N) is 2. The van der Waals surface area contributed by atoms with Crippen molar-refractivity contribution in [2.75, 3.05) is 13.7 Å². The number of hydrogen-bond acceptors (Lipinski definition) is 5. The standard InChI is InChI=1S/C14H19N3O2/c1-18-10-12(15)14-16-13(19-17-14)9-5-8-11-6-3-2-4-7-11/h2-4,6-7,12H,5,8-10,15H2,1H3. The average Bonchev–Trinajstić information content (AvgIpc) is 2.89. The van der Waals surface area contributed by atoms with Gasteiger partial charge in [0.05, 0.1) is 12.6 Å². The molecule has 1 aromatic carbocycles. The largest absolute Gasteiger partial charge is 0.383 e. The molecule has 0 fully saturated rings. The molecule has 1 atom stereocenters. The molecule has 102 valence electrons. The fraction of sp³-hybridized carbons (Fsp3) is 0.429. The number of hydrogen-bond donors (Lipinski definition) is 1. The zero-order chi connectivity index (χ0) is 13.5. The average molecular weight is 261 g/mol. The van der Waals surface area contributed by atoms with E-state index in [1.165, 1.54) is 5.56 Å². The molecule has 1 aromatic heterocycles. The molecule has 2 aromatic rings. The molecule has 2 N–H and O–H groups in total. The van der Waals surface area contributed by atoms with Crippen molar-refractivity contribution >= 4 is 0 Å². The number of benzene rings is 1. The molecule has 2 rings (SSSR count). The monoisotopic (exact) mass is 261 g/mol. The van der Waals surface area contributed by atoms with Crippen LogP contribution in [-0.4, -0.2) is 23.9 Å². The van der Waals surface area contributed by atoms with Gasteiger partial charge in [0.2, 0.25) is 5.89 Å². The van der Waals surface area contributed by atoms with Gasteiger partial charge in [-0.3, -0.25) is 0 Å². The molecule has 0 aliphatic heterocycles. The maximum absolute atomic E-state index is 5.83. The number of rotatable bonds is 7. The van der Waals surface area contributed by atoms with Gasteiger partial charge in [0, 0.05) is 13.5 Å². The molecule has 1 heterocycles. The van der Waals surface area contributed by atoms with Crippen LogP contribution in [0.25, 0.3) is 0 Å². The third-order valence-electron chi connectivity index (χ3n) is 2.86. The lowest BCUT2D eigenvalue weighted by Gasteiger charge is -2.03. The van der Waals surface area contributed by atoms with Crippen LogP contribution in [0.3, 0.4) is 0 Å². The molecule has 0 radical (unpaired) electrons. The van der Waals surface area contributed by atoms with Gasteiger partial charge in [-0.25, -0.2) is 0 Å². The smallest absolute Gasteiger partial charge is 0.226 e. The number of nitrogens with two attached hydrogens (primary N) is 1. The maximum atomic E-state index is 5.83. The van der Waals surface area contributed by atoms with Gasteiger partial charge in [-0.05, 0) is 18.4 Å². The van der Waals surface area contributed by atoms with Crippen LogP contribution in [0.5, 0.6) is 0 Å². The number of methoxy groups -OCH3 is 1. The first-order chi connectivity index (χ1) is 9.29. The zero-order valence-corrected chi connectivity index (χ0v) is 11.1. The molecule has 0 aliphatic carbocycles. The fourth-order valence-electron chi connectivity index (χ4n) is 1.86. The van der Waals surface area contributed by atoms with Gasteiger partial charge in [-0.2, -0.15) is 4.98 Å². The van der Waals surface area contributed by atoms with Gasteiger partial charge in [-0.15, -0.1) is 0 Å². The molecule has 0 saturated heterocycles. The fourth-order valence-corrected chi connectivity index (χ4v) is 1.86. The Hall–Kier alpha value is -1.72. The topological polar surface area (TPSA) is 74.2 Å².